The number of nitrogens with zero attached hydrogens (tertiary/aromatic N) is 3. The van der Waals surface area contributed by atoms with E-state index in [1.807, 2.05) is 10.9 Å². The standard InChI is InChI=1S/C11H23N5/c1-3-4-5-10(2)13-6-7-16-9-11(8-12)14-15-16/h9-10,13H,3-8,12H2,1-2H3. The highest BCUT2D eigenvalue weighted by Gasteiger charge is 2.01. The van der Waals surface area contributed by atoms with E-state index < -0.39 is 0 Å². The third-order valence-electron chi connectivity index (χ3n) is 2.62. The number of hydrogen-bond donors (Lipinski definition) is 2. The van der Waals surface area contributed by atoms with Crippen molar-refractivity contribution in [2.24, 2.45) is 5.73 Å². The lowest BCUT2D eigenvalue weighted by atomic mass is 10.1. The number of aromatic nitrogens is 3. The summed E-state index contributed by atoms with van der Waals surface area (Å²) in [4.78, 5) is 0. The Morgan fingerprint density at radius 1 is 1.56 bits per heavy atom. The quantitative estimate of drug-likeness (QED) is 0.690. The molecule has 1 heterocycles. The Hall–Kier alpha value is -0.940. The van der Waals surface area contributed by atoms with Crippen LogP contribution in [0.5, 0.6) is 0 Å². The fourth-order valence-electron chi connectivity index (χ4n) is 1.58. The van der Waals surface area contributed by atoms with Gasteiger partial charge >= 0.3 is 0 Å². The molecular formula is C11H23N5. The molecule has 0 aliphatic rings. The molecule has 0 saturated heterocycles. The van der Waals surface area contributed by atoms with E-state index in [4.69, 9.17) is 5.73 Å². The van der Waals surface area contributed by atoms with E-state index in [9.17, 15) is 0 Å². The third-order valence-corrected chi connectivity index (χ3v) is 2.62. The molecule has 5 nitrogen and oxygen atoms in total. The van der Waals surface area contributed by atoms with Gasteiger partial charge in [-0.15, -0.1) is 5.10 Å². The summed E-state index contributed by atoms with van der Waals surface area (Å²) in [6, 6.07) is 0.581. The largest absolute Gasteiger partial charge is 0.325 e. The molecule has 92 valence electrons. The van der Waals surface area contributed by atoms with Crippen LogP contribution in [0.1, 0.15) is 38.8 Å². The Balaban J connectivity index is 2.14. The highest BCUT2D eigenvalue weighted by atomic mass is 15.4. The van der Waals surface area contributed by atoms with E-state index in [2.05, 4.69) is 29.5 Å². The molecule has 0 aliphatic carbocycles. The zero-order valence-corrected chi connectivity index (χ0v) is 10.3. The molecule has 0 spiro atoms. The van der Waals surface area contributed by atoms with Gasteiger partial charge in [0.2, 0.25) is 0 Å². The Labute approximate surface area is 97.4 Å². The summed E-state index contributed by atoms with van der Waals surface area (Å²) in [5.41, 5.74) is 6.31. The highest BCUT2D eigenvalue weighted by molar-refractivity contribution is 4.90. The van der Waals surface area contributed by atoms with Gasteiger partial charge in [-0.1, -0.05) is 25.0 Å². The summed E-state index contributed by atoms with van der Waals surface area (Å²) in [5.74, 6) is 0. The van der Waals surface area contributed by atoms with Crippen molar-refractivity contribution in [3.05, 3.63) is 11.9 Å². The molecule has 5 heteroatoms. The molecule has 16 heavy (non-hydrogen) atoms. The smallest absolute Gasteiger partial charge is 0.0962 e. The molecule has 3 N–H and O–H groups in total. The van der Waals surface area contributed by atoms with Crippen LogP contribution in [0.15, 0.2) is 6.20 Å². The second kappa shape index (κ2) is 7.35. The van der Waals surface area contributed by atoms with Crippen LogP contribution in [0.2, 0.25) is 0 Å². The maximum Gasteiger partial charge on any atom is 0.0962 e. The van der Waals surface area contributed by atoms with Crippen LogP contribution in [0.3, 0.4) is 0 Å². The third kappa shape index (κ3) is 4.72. The summed E-state index contributed by atoms with van der Waals surface area (Å²) in [7, 11) is 0. The van der Waals surface area contributed by atoms with Crippen molar-refractivity contribution in [3.8, 4) is 0 Å². The zero-order chi connectivity index (χ0) is 11.8. The second-order valence-corrected chi connectivity index (χ2v) is 4.17. The van der Waals surface area contributed by atoms with Crippen molar-refractivity contribution in [1.82, 2.24) is 20.3 Å². The van der Waals surface area contributed by atoms with E-state index >= 15 is 0 Å². The Kier molecular flexibility index (Phi) is 6.03. The van der Waals surface area contributed by atoms with Gasteiger partial charge in [0.25, 0.3) is 0 Å². The van der Waals surface area contributed by atoms with Crippen LogP contribution in [0, 0.1) is 0 Å². The predicted molar refractivity (Wildman–Crippen MR) is 64.9 cm³/mol. The van der Waals surface area contributed by atoms with Crippen LogP contribution in [-0.2, 0) is 13.1 Å². The number of hydrogen-bond acceptors (Lipinski definition) is 4. The van der Waals surface area contributed by atoms with Crippen molar-refractivity contribution in [2.45, 2.75) is 52.2 Å². The molecular weight excluding hydrogens is 202 g/mol. The van der Waals surface area contributed by atoms with E-state index in [0.717, 1.165) is 18.8 Å². The molecule has 1 rings (SSSR count). The van der Waals surface area contributed by atoms with Gasteiger partial charge in [0.15, 0.2) is 0 Å². The minimum Gasteiger partial charge on any atom is -0.325 e. The first-order chi connectivity index (χ1) is 7.76. The van der Waals surface area contributed by atoms with Crippen molar-refractivity contribution in [1.29, 1.82) is 0 Å². The number of nitrogens with one attached hydrogen (secondary N) is 1. The summed E-state index contributed by atoms with van der Waals surface area (Å²) in [6.45, 7) is 6.68. The summed E-state index contributed by atoms with van der Waals surface area (Å²) in [6.07, 6.45) is 5.68. The lowest BCUT2D eigenvalue weighted by Gasteiger charge is -2.12. The lowest BCUT2D eigenvalue weighted by Crippen LogP contribution is -2.29. The number of nitrogens with two attached hydrogens (primary N) is 1. The Bertz CT molecular complexity index is 284. The van der Waals surface area contributed by atoms with Crippen LogP contribution in [0.4, 0.5) is 0 Å². The fourth-order valence-corrected chi connectivity index (χ4v) is 1.58. The van der Waals surface area contributed by atoms with Gasteiger partial charge in [0.05, 0.1) is 12.2 Å². The normalized spacial score (nSPS) is 12.9. The average Bonchev–Trinajstić information content (AvgIpc) is 2.74. The van der Waals surface area contributed by atoms with Gasteiger partial charge in [0.1, 0.15) is 0 Å². The molecule has 1 aromatic rings. The SMILES string of the molecule is CCCCC(C)NCCn1cc(CN)nn1. The zero-order valence-electron chi connectivity index (χ0n) is 10.3. The monoisotopic (exact) mass is 225 g/mol. The fraction of sp³-hybridized carbons (Fsp3) is 0.818. The molecule has 0 bridgehead atoms. The van der Waals surface area contributed by atoms with Crippen molar-refractivity contribution in [3.63, 3.8) is 0 Å². The van der Waals surface area contributed by atoms with Gasteiger partial charge in [0, 0.05) is 25.3 Å². The average molecular weight is 225 g/mol. The minimum atomic E-state index is 0.459. The summed E-state index contributed by atoms with van der Waals surface area (Å²) in [5, 5.41) is 11.4. The van der Waals surface area contributed by atoms with Gasteiger partial charge in [-0.3, -0.25) is 4.68 Å². The van der Waals surface area contributed by atoms with Gasteiger partial charge < -0.3 is 11.1 Å². The van der Waals surface area contributed by atoms with Gasteiger partial charge in [-0.05, 0) is 13.3 Å². The van der Waals surface area contributed by atoms with Gasteiger partial charge in [-0.2, -0.15) is 0 Å². The first-order valence-electron chi connectivity index (χ1n) is 6.08. The summed E-state index contributed by atoms with van der Waals surface area (Å²) >= 11 is 0. The lowest BCUT2D eigenvalue weighted by molar-refractivity contribution is 0.460. The maximum absolute atomic E-state index is 5.46. The van der Waals surface area contributed by atoms with Crippen molar-refractivity contribution in [2.75, 3.05) is 6.54 Å². The molecule has 0 amide bonds. The Morgan fingerprint density at radius 3 is 3.00 bits per heavy atom. The molecule has 1 unspecified atom stereocenters. The first-order valence-corrected chi connectivity index (χ1v) is 6.08. The summed E-state index contributed by atoms with van der Waals surface area (Å²) < 4.78 is 1.84. The van der Waals surface area contributed by atoms with Gasteiger partial charge in [-0.25, -0.2) is 0 Å². The maximum atomic E-state index is 5.46. The molecule has 0 saturated carbocycles. The Morgan fingerprint density at radius 2 is 2.38 bits per heavy atom. The molecule has 0 fully saturated rings. The van der Waals surface area contributed by atoms with Crippen molar-refractivity contribution < 1.29 is 0 Å². The van der Waals surface area contributed by atoms with Crippen LogP contribution >= 0.6 is 0 Å². The highest BCUT2D eigenvalue weighted by Crippen LogP contribution is 1.99. The molecule has 1 atom stereocenters. The molecule has 0 radical (unpaired) electrons. The van der Waals surface area contributed by atoms with E-state index in [1.54, 1.807) is 0 Å². The first kappa shape index (κ1) is 13.1. The molecule has 0 aromatic carbocycles. The van der Waals surface area contributed by atoms with Crippen molar-refractivity contribution >= 4 is 0 Å². The van der Waals surface area contributed by atoms with E-state index in [0.29, 0.717) is 12.6 Å². The minimum absolute atomic E-state index is 0.459. The second-order valence-electron chi connectivity index (χ2n) is 4.17. The van der Waals surface area contributed by atoms with Crippen LogP contribution in [-0.4, -0.2) is 27.6 Å². The molecule has 1 aromatic heterocycles. The van der Waals surface area contributed by atoms with E-state index in [-0.39, 0.29) is 0 Å². The topological polar surface area (TPSA) is 68.8 Å². The van der Waals surface area contributed by atoms with Crippen LogP contribution in [0.25, 0.3) is 0 Å². The molecule has 0 aliphatic heterocycles. The number of rotatable bonds is 8. The predicted octanol–water partition coefficient (Wildman–Crippen LogP) is 0.905. The number of unbranched alkanes of at least 4 members (excludes halogenated alkanes) is 1. The van der Waals surface area contributed by atoms with Crippen LogP contribution < -0.4 is 11.1 Å². The van der Waals surface area contributed by atoms with E-state index in [1.165, 1.54) is 19.3 Å².